The van der Waals surface area contributed by atoms with Crippen molar-refractivity contribution in [2.24, 2.45) is 0 Å². The van der Waals surface area contributed by atoms with Crippen LogP contribution in [0.25, 0.3) is 0 Å². The molecule has 1 rings (SSSR count). The van der Waals surface area contributed by atoms with Gasteiger partial charge in [-0.15, -0.1) is 11.6 Å². The minimum Gasteiger partial charge on any atom is -0.337 e. The third kappa shape index (κ3) is 4.21. The maximum Gasteiger partial charge on any atom is 0.315 e. The molecule has 6 nitrogen and oxygen atoms in total. The Bertz CT molecular complexity index is 439. The van der Waals surface area contributed by atoms with E-state index in [0.717, 1.165) is 0 Å². The summed E-state index contributed by atoms with van der Waals surface area (Å²) >= 11 is 5.44. The Balaban J connectivity index is 2.66. The van der Waals surface area contributed by atoms with Crippen molar-refractivity contribution >= 4 is 23.3 Å². The Hall–Kier alpha value is -1.82. The molecule has 0 saturated carbocycles. The number of amides is 2. The van der Waals surface area contributed by atoms with E-state index < -0.39 is 4.92 Å². The summed E-state index contributed by atoms with van der Waals surface area (Å²) in [5.41, 5.74) is 0.674. The van der Waals surface area contributed by atoms with Crippen molar-refractivity contribution in [2.45, 2.75) is 13.0 Å². The Morgan fingerprint density at radius 3 is 2.89 bits per heavy atom. The quantitative estimate of drug-likeness (QED) is 0.489. The van der Waals surface area contributed by atoms with Gasteiger partial charge in [0, 0.05) is 24.6 Å². The Labute approximate surface area is 109 Å². The van der Waals surface area contributed by atoms with Crippen LogP contribution in [0.5, 0.6) is 0 Å². The van der Waals surface area contributed by atoms with Gasteiger partial charge in [-0.3, -0.25) is 10.1 Å². The second kappa shape index (κ2) is 6.80. The summed E-state index contributed by atoms with van der Waals surface area (Å²) in [5.74, 6) is 0.332. The number of hydrogen-bond acceptors (Lipinski definition) is 3. The predicted molar refractivity (Wildman–Crippen MR) is 68.8 cm³/mol. The fourth-order valence-electron chi connectivity index (χ4n) is 1.40. The summed E-state index contributed by atoms with van der Waals surface area (Å²) < 4.78 is 0. The lowest BCUT2D eigenvalue weighted by Gasteiger charge is -2.14. The number of halogens is 1. The van der Waals surface area contributed by atoms with Gasteiger partial charge in [0.2, 0.25) is 0 Å². The molecule has 0 aliphatic heterocycles. The molecule has 0 fully saturated rings. The lowest BCUT2D eigenvalue weighted by Crippen LogP contribution is -2.37. The van der Waals surface area contributed by atoms with Crippen LogP contribution in [0.3, 0.4) is 0 Å². The van der Waals surface area contributed by atoms with Gasteiger partial charge in [-0.2, -0.15) is 0 Å². The molecule has 1 aromatic carbocycles. The first-order valence-corrected chi connectivity index (χ1v) is 5.92. The van der Waals surface area contributed by atoms with E-state index in [-0.39, 0.29) is 17.8 Å². The third-order valence-electron chi connectivity index (χ3n) is 2.31. The van der Waals surface area contributed by atoms with Crippen molar-refractivity contribution in [1.29, 1.82) is 0 Å². The first-order valence-electron chi connectivity index (χ1n) is 5.39. The van der Waals surface area contributed by atoms with Crippen LogP contribution in [-0.2, 0) is 0 Å². The molecule has 0 saturated heterocycles. The van der Waals surface area contributed by atoms with Gasteiger partial charge in [0.05, 0.1) is 11.0 Å². The lowest BCUT2D eigenvalue weighted by molar-refractivity contribution is -0.384. The van der Waals surface area contributed by atoms with Gasteiger partial charge in [-0.1, -0.05) is 12.1 Å². The summed E-state index contributed by atoms with van der Waals surface area (Å²) in [7, 11) is 0. The van der Waals surface area contributed by atoms with Crippen LogP contribution in [-0.4, -0.2) is 23.4 Å². The largest absolute Gasteiger partial charge is 0.337 e. The summed E-state index contributed by atoms with van der Waals surface area (Å²) in [5, 5.41) is 15.9. The molecule has 2 N–H and O–H groups in total. The highest BCUT2D eigenvalue weighted by molar-refractivity contribution is 6.18. The second-order valence-corrected chi connectivity index (χ2v) is 4.04. The molecule has 1 aromatic rings. The molecule has 0 spiro atoms. The molecular weight excluding hydrogens is 258 g/mol. The number of nitrogens with zero attached hydrogens (tertiary/aromatic N) is 1. The minimum atomic E-state index is -0.468. The Morgan fingerprint density at radius 1 is 1.56 bits per heavy atom. The molecule has 0 aliphatic rings. The van der Waals surface area contributed by atoms with Gasteiger partial charge >= 0.3 is 6.03 Å². The van der Waals surface area contributed by atoms with Crippen LogP contribution < -0.4 is 10.6 Å². The van der Waals surface area contributed by atoms with Gasteiger partial charge in [0.1, 0.15) is 0 Å². The van der Waals surface area contributed by atoms with E-state index in [1.165, 1.54) is 12.1 Å². The monoisotopic (exact) mass is 271 g/mol. The molecule has 0 unspecified atom stereocenters. The topological polar surface area (TPSA) is 84.3 Å². The molecule has 7 heteroatoms. The number of carbonyl (C=O) groups is 1. The normalized spacial score (nSPS) is 11.7. The number of rotatable bonds is 5. The van der Waals surface area contributed by atoms with Crippen LogP contribution in [0.1, 0.15) is 18.5 Å². The second-order valence-electron chi connectivity index (χ2n) is 3.66. The van der Waals surface area contributed by atoms with Crippen LogP contribution >= 0.6 is 11.6 Å². The lowest BCUT2D eigenvalue weighted by atomic mass is 10.1. The predicted octanol–water partition coefficient (Wildman–Crippen LogP) is 2.19. The van der Waals surface area contributed by atoms with E-state index in [1.54, 1.807) is 19.1 Å². The number of nitrogens with one attached hydrogen (secondary N) is 2. The van der Waals surface area contributed by atoms with Crippen molar-refractivity contribution in [2.75, 3.05) is 12.4 Å². The number of urea groups is 1. The Morgan fingerprint density at radius 2 is 2.28 bits per heavy atom. The molecule has 0 bridgehead atoms. The third-order valence-corrected chi connectivity index (χ3v) is 2.50. The number of nitro benzene ring substituents is 1. The van der Waals surface area contributed by atoms with Crippen molar-refractivity contribution < 1.29 is 9.72 Å². The highest BCUT2D eigenvalue weighted by Gasteiger charge is 2.12. The number of benzene rings is 1. The van der Waals surface area contributed by atoms with Gasteiger partial charge in [0.15, 0.2) is 0 Å². The molecule has 0 heterocycles. The zero-order valence-electron chi connectivity index (χ0n) is 9.85. The van der Waals surface area contributed by atoms with Gasteiger partial charge < -0.3 is 10.6 Å². The van der Waals surface area contributed by atoms with E-state index in [9.17, 15) is 14.9 Å². The maximum absolute atomic E-state index is 11.4. The van der Waals surface area contributed by atoms with E-state index in [1.807, 2.05) is 0 Å². The first kappa shape index (κ1) is 14.2. The minimum absolute atomic E-state index is 0.00214. The SMILES string of the molecule is C[C@@H](NC(=O)NCCCl)c1cccc([N+](=O)[O-])c1. The summed E-state index contributed by atoms with van der Waals surface area (Å²) in [6.45, 7) is 2.12. The number of alkyl halides is 1. The van der Waals surface area contributed by atoms with Crippen LogP contribution in [0, 0.1) is 10.1 Å². The van der Waals surface area contributed by atoms with Gasteiger partial charge in [-0.25, -0.2) is 4.79 Å². The van der Waals surface area contributed by atoms with Crippen LogP contribution in [0.2, 0.25) is 0 Å². The zero-order chi connectivity index (χ0) is 13.5. The standard InChI is InChI=1S/C11H14ClN3O3/c1-8(14-11(16)13-6-5-12)9-3-2-4-10(7-9)15(17)18/h2-4,7-8H,5-6H2,1H3,(H2,13,14,16)/t8-/m1/s1. The number of hydrogen-bond donors (Lipinski definition) is 2. The molecule has 0 aromatic heterocycles. The highest BCUT2D eigenvalue weighted by Crippen LogP contribution is 2.18. The molecule has 0 radical (unpaired) electrons. The molecule has 0 aliphatic carbocycles. The summed E-state index contributed by atoms with van der Waals surface area (Å²) in [6.07, 6.45) is 0. The van der Waals surface area contributed by atoms with E-state index in [0.29, 0.717) is 18.0 Å². The molecule has 98 valence electrons. The van der Waals surface area contributed by atoms with Gasteiger partial charge in [-0.05, 0) is 12.5 Å². The zero-order valence-corrected chi connectivity index (χ0v) is 10.6. The molecule has 2 amide bonds. The van der Waals surface area contributed by atoms with Crippen molar-refractivity contribution in [3.8, 4) is 0 Å². The number of non-ortho nitro benzene ring substituents is 1. The number of nitro groups is 1. The summed E-state index contributed by atoms with van der Waals surface area (Å²) in [4.78, 5) is 21.6. The fourth-order valence-corrected chi connectivity index (χ4v) is 1.49. The Kier molecular flexibility index (Phi) is 5.38. The maximum atomic E-state index is 11.4. The summed E-state index contributed by atoms with van der Waals surface area (Å²) in [6, 6.07) is 5.48. The number of carbonyl (C=O) groups excluding carboxylic acids is 1. The van der Waals surface area contributed by atoms with Gasteiger partial charge in [0.25, 0.3) is 5.69 Å². The average Bonchev–Trinajstić information content (AvgIpc) is 2.36. The van der Waals surface area contributed by atoms with Crippen LogP contribution in [0.15, 0.2) is 24.3 Å². The van der Waals surface area contributed by atoms with E-state index >= 15 is 0 Å². The first-order chi connectivity index (χ1) is 8.54. The van der Waals surface area contributed by atoms with Crippen molar-refractivity contribution in [3.63, 3.8) is 0 Å². The molecule has 1 atom stereocenters. The average molecular weight is 272 g/mol. The smallest absolute Gasteiger partial charge is 0.315 e. The van der Waals surface area contributed by atoms with Crippen molar-refractivity contribution in [3.05, 3.63) is 39.9 Å². The van der Waals surface area contributed by atoms with E-state index in [4.69, 9.17) is 11.6 Å². The van der Waals surface area contributed by atoms with E-state index in [2.05, 4.69) is 10.6 Å². The fraction of sp³-hybridized carbons (Fsp3) is 0.364. The highest BCUT2D eigenvalue weighted by atomic mass is 35.5. The van der Waals surface area contributed by atoms with Crippen LogP contribution in [0.4, 0.5) is 10.5 Å². The van der Waals surface area contributed by atoms with Crippen molar-refractivity contribution in [1.82, 2.24) is 10.6 Å². The molecule has 18 heavy (non-hydrogen) atoms. The molecular formula is C11H14ClN3O3.